The molecule has 1 aliphatic heterocycles. The van der Waals surface area contributed by atoms with Crippen molar-refractivity contribution in [3.63, 3.8) is 0 Å². The summed E-state index contributed by atoms with van der Waals surface area (Å²) in [7, 11) is 3.26. The summed E-state index contributed by atoms with van der Waals surface area (Å²) in [5.41, 5.74) is 1.74. The van der Waals surface area contributed by atoms with Gasteiger partial charge in [-0.2, -0.15) is 0 Å². The number of nitrogens with one attached hydrogen (secondary N) is 1. The summed E-state index contributed by atoms with van der Waals surface area (Å²) in [6.45, 7) is 2.70. The van der Waals surface area contributed by atoms with E-state index in [-0.39, 0.29) is 16.6 Å². The highest BCUT2D eigenvalue weighted by molar-refractivity contribution is 6.32. The Balaban J connectivity index is 2.82. The van der Waals surface area contributed by atoms with Gasteiger partial charge >= 0.3 is 0 Å². The fourth-order valence-electron chi connectivity index (χ4n) is 2.01. The molecular formula is C10H13ClN2O2. The van der Waals surface area contributed by atoms with E-state index in [0.29, 0.717) is 12.3 Å². The summed E-state index contributed by atoms with van der Waals surface area (Å²) >= 11 is 5.96. The molecule has 15 heavy (non-hydrogen) atoms. The highest BCUT2D eigenvalue weighted by atomic mass is 35.5. The van der Waals surface area contributed by atoms with Crippen molar-refractivity contribution in [2.75, 3.05) is 7.11 Å². The van der Waals surface area contributed by atoms with Gasteiger partial charge in [-0.05, 0) is 6.92 Å². The van der Waals surface area contributed by atoms with Crippen LogP contribution in [0.4, 0.5) is 0 Å². The van der Waals surface area contributed by atoms with E-state index in [1.165, 1.54) is 7.11 Å². The number of pyridine rings is 1. The third kappa shape index (κ3) is 1.36. The van der Waals surface area contributed by atoms with Gasteiger partial charge in [0.2, 0.25) is 0 Å². The van der Waals surface area contributed by atoms with Gasteiger partial charge in [0.05, 0.1) is 7.11 Å². The van der Waals surface area contributed by atoms with Crippen LogP contribution in [-0.2, 0) is 13.6 Å². The van der Waals surface area contributed by atoms with E-state index >= 15 is 0 Å². The molecule has 0 radical (unpaired) electrons. The third-order valence-corrected chi connectivity index (χ3v) is 3.20. The average Bonchev–Trinajstić information content (AvgIpc) is 2.59. The van der Waals surface area contributed by atoms with Crippen molar-refractivity contribution in [1.82, 2.24) is 9.88 Å². The summed E-state index contributed by atoms with van der Waals surface area (Å²) < 4.78 is 6.79. The van der Waals surface area contributed by atoms with Gasteiger partial charge in [-0.15, -0.1) is 0 Å². The number of fused-ring (bicyclic) bond motifs is 1. The van der Waals surface area contributed by atoms with Crippen LogP contribution in [0.25, 0.3) is 0 Å². The predicted octanol–water partition coefficient (Wildman–Crippen LogP) is 1.21. The molecule has 0 spiro atoms. The van der Waals surface area contributed by atoms with Gasteiger partial charge in [0.15, 0.2) is 0 Å². The SMILES string of the molecule is COc1c2c(n(C)c(=O)c1Cl)CNC2C. The first-order valence-corrected chi connectivity index (χ1v) is 5.14. The van der Waals surface area contributed by atoms with Gasteiger partial charge in [0, 0.05) is 30.9 Å². The van der Waals surface area contributed by atoms with Crippen LogP contribution in [-0.4, -0.2) is 11.7 Å². The highest BCUT2D eigenvalue weighted by Gasteiger charge is 2.28. The second-order valence-electron chi connectivity index (χ2n) is 3.67. The van der Waals surface area contributed by atoms with Crippen molar-refractivity contribution < 1.29 is 4.74 Å². The second-order valence-corrected chi connectivity index (χ2v) is 4.05. The van der Waals surface area contributed by atoms with Gasteiger partial charge in [0.25, 0.3) is 5.56 Å². The molecule has 82 valence electrons. The first kappa shape index (κ1) is 10.5. The highest BCUT2D eigenvalue weighted by Crippen LogP contribution is 2.36. The lowest BCUT2D eigenvalue weighted by molar-refractivity contribution is 0.404. The Morgan fingerprint density at radius 1 is 1.60 bits per heavy atom. The smallest absolute Gasteiger partial charge is 0.273 e. The zero-order valence-corrected chi connectivity index (χ0v) is 9.68. The molecule has 1 N–H and O–H groups in total. The minimum atomic E-state index is -0.205. The standard InChI is InChI=1S/C10H13ClN2O2/c1-5-7-6(4-12-5)13(2)10(14)8(11)9(7)15-3/h5,12H,4H2,1-3H3. The Morgan fingerprint density at radius 2 is 2.27 bits per heavy atom. The van der Waals surface area contributed by atoms with E-state index in [1.54, 1.807) is 11.6 Å². The number of hydrogen-bond acceptors (Lipinski definition) is 3. The van der Waals surface area contributed by atoms with Gasteiger partial charge < -0.3 is 14.6 Å². The molecule has 0 amide bonds. The quantitative estimate of drug-likeness (QED) is 0.786. The molecule has 1 aliphatic rings. The van der Waals surface area contributed by atoms with E-state index in [9.17, 15) is 4.79 Å². The zero-order valence-electron chi connectivity index (χ0n) is 8.93. The average molecular weight is 229 g/mol. The number of methoxy groups -OCH3 is 1. The van der Waals surface area contributed by atoms with Crippen LogP contribution in [0.5, 0.6) is 5.75 Å². The number of hydrogen-bond donors (Lipinski definition) is 1. The Kier molecular flexibility index (Phi) is 2.48. The van der Waals surface area contributed by atoms with E-state index in [1.807, 2.05) is 6.92 Å². The van der Waals surface area contributed by atoms with Crippen molar-refractivity contribution >= 4 is 11.6 Å². The van der Waals surface area contributed by atoms with E-state index < -0.39 is 0 Å². The lowest BCUT2D eigenvalue weighted by atomic mass is 10.1. The minimum absolute atomic E-state index is 0.161. The third-order valence-electron chi connectivity index (χ3n) is 2.86. The molecule has 0 aliphatic carbocycles. The molecule has 1 unspecified atom stereocenters. The van der Waals surface area contributed by atoms with Crippen LogP contribution >= 0.6 is 11.6 Å². The predicted molar refractivity (Wildman–Crippen MR) is 58.5 cm³/mol. The number of aromatic nitrogens is 1. The molecule has 1 aromatic heterocycles. The van der Waals surface area contributed by atoms with Crippen molar-refractivity contribution in [2.24, 2.45) is 7.05 Å². The maximum atomic E-state index is 11.7. The fraction of sp³-hybridized carbons (Fsp3) is 0.500. The summed E-state index contributed by atoms with van der Waals surface area (Å²) in [4.78, 5) is 11.7. The van der Waals surface area contributed by atoms with Crippen LogP contribution in [0, 0.1) is 0 Å². The van der Waals surface area contributed by atoms with Crippen molar-refractivity contribution in [2.45, 2.75) is 19.5 Å². The first-order chi connectivity index (χ1) is 7.07. The Morgan fingerprint density at radius 3 is 2.87 bits per heavy atom. The molecule has 1 aromatic rings. The van der Waals surface area contributed by atoms with E-state index in [2.05, 4.69) is 5.32 Å². The topological polar surface area (TPSA) is 43.3 Å². The molecule has 2 heterocycles. The Labute approximate surface area is 92.8 Å². The summed E-state index contributed by atoms with van der Waals surface area (Å²) in [6.07, 6.45) is 0. The number of ether oxygens (including phenoxy) is 1. The Hall–Kier alpha value is -1.00. The summed E-state index contributed by atoms with van der Waals surface area (Å²) in [5.74, 6) is 0.507. The Bertz CT molecular complexity index is 467. The van der Waals surface area contributed by atoms with Crippen LogP contribution in [0.15, 0.2) is 4.79 Å². The maximum absolute atomic E-state index is 11.7. The van der Waals surface area contributed by atoms with Crippen molar-refractivity contribution in [3.05, 3.63) is 26.6 Å². The monoisotopic (exact) mass is 228 g/mol. The molecule has 2 rings (SSSR count). The number of nitrogens with zero attached hydrogens (tertiary/aromatic N) is 1. The van der Waals surface area contributed by atoms with E-state index in [4.69, 9.17) is 16.3 Å². The van der Waals surface area contributed by atoms with Gasteiger partial charge in [-0.3, -0.25) is 4.79 Å². The molecule has 1 atom stereocenters. The van der Waals surface area contributed by atoms with Crippen molar-refractivity contribution in [1.29, 1.82) is 0 Å². The number of rotatable bonds is 1. The fourth-order valence-corrected chi connectivity index (χ4v) is 2.31. The van der Waals surface area contributed by atoms with Crippen molar-refractivity contribution in [3.8, 4) is 5.75 Å². The van der Waals surface area contributed by atoms with Crippen LogP contribution in [0.2, 0.25) is 5.02 Å². The summed E-state index contributed by atoms with van der Waals surface area (Å²) in [6, 6.07) is 0.166. The lowest BCUT2D eigenvalue weighted by Crippen LogP contribution is -2.22. The zero-order chi connectivity index (χ0) is 11.2. The first-order valence-electron chi connectivity index (χ1n) is 4.76. The van der Waals surface area contributed by atoms with Crippen LogP contribution in [0.1, 0.15) is 24.2 Å². The van der Waals surface area contributed by atoms with Crippen LogP contribution < -0.4 is 15.6 Å². The molecule has 0 saturated heterocycles. The molecule has 5 heteroatoms. The normalized spacial score (nSPS) is 19.1. The van der Waals surface area contributed by atoms with Gasteiger partial charge in [-0.25, -0.2) is 0 Å². The van der Waals surface area contributed by atoms with Gasteiger partial charge in [0.1, 0.15) is 10.8 Å². The second kappa shape index (κ2) is 3.54. The minimum Gasteiger partial charge on any atom is -0.495 e. The molecule has 0 aromatic carbocycles. The maximum Gasteiger partial charge on any atom is 0.273 e. The molecule has 0 saturated carbocycles. The molecule has 4 nitrogen and oxygen atoms in total. The van der Waals surface area contributed by atoms with Crippen LogP contribution in [0.3, 0.4) is 0 Å². The number of halogens is 1. The summed E-state index contributed by atoms with van der Waals surface area (Å²) in [5, 5.41) is 3.42. The van der Waals surface area contributed by atoms with E-state index in [0.717, 1.165) is 11.3 Å². The molecule has 0 bridgehead atoms. The largest absolute Gasteiger partial charge is 0.495 e. The molecular weight excluding hydrogens is 216 g/mol. The molecule has 0 fully saturated rings. The lowest BCUT2D eigenvalue weighted by Gasteiger charge is -2.14. The van der Waals surface area contributed by atoms with Gasteiger partial charge in [-0.1, -0.05) is 11.6 Å².